The number of carbonyl (C=O) groups is 2. The summed E-state index contributed by atoms with van der Waals surface area (Å²) >= 11 is 0. The zero-order valence-corrected chi connectivity index (χ0v) is 11.8. The van der Waals surface area contributed by atoms with Crippen LogP contribution in [0.5, 0.6) is 0 Å². The molecule has 1 aromatic rings. The number of hydrogen-bond acceptors (Lipinski definition) is 4. The summed E-state index contributed by atoms with van der Waals surface area (Å²) in [5.74, 6) is -0.676. The number of carbonyl (C=O) groups excluding carboxylic acids is 2. The second-order valence-electron chi connectivity index (χ2n) is 3.76. The highest BCUT2D eigenvalue weighted by atomic mass is 35.5. The van der Waals surface area contributed by atoms with Gasteiger partial charge in [-0.15, -0.1) is 12.4 Å². The fourth-order valence-corrected chi connectivity index (χ4v) is 1.36. The molecule has 0 aliphatic rings. The van der Waals surface area contributed by atoms with Gasteiger partial charge < -0.3 is 15.4 Å². The van der Waals surface area contributed by atoms with Crippen LogP contribution in [0.25, 0.3) is 0 Å². The molecule has 0 spiro atoms. The van der Waals surface area contributed by atoms with E-state index >= 15 is 0 Å². The quantitative estimate of drug-likeness (QED) is 0.779. The van der Waals surface area contributed by atoms with Crippen LogP contribution in [0.2, 0.25) is 0 Å². The standard InChI is InChI=1S/C13H18N2O3.ClH/c1-3-18-13(17)10(2)15-12(16)9-14-11-7-5-4-6-8-11;/h4-8,10,14H,3,9H2,1-2H3,(H,15,16);1H/t10-;/m0./s1. The summed E-state index contributed by atoms with van der Waals surface area (Å²) in [4.78, 5) is 22.8. The maximum atomic E-state index is 11.6. The van der Waals surface area contributed by atoms with Gasteiger partial charge in [-0.25, -0.2) is 4.79 Å². The molecule has 0 heterocycles. The van der Waals surface area contributed by atoms with Crippen molar-refractivity contribution in [1.82, 2.24) is 5.32 Å². The fourth-order valence-electron chi connectivity index (χ4n) is 1.36. The lowest BCUT2D eigenvalue weighted by Crippen LogP contribution is -2.42. The van der Waals surface area contributed by atoms with E-state index in [-0.39, 0.29) is 24.9 Å². The van der Waals surface area contributed by atoms with Gasteiger partial charge in [-0.3, -0.25) is 4.79 Å². The summed E-state index contributed by atoms with van der Waals surface area (Å²) < 4.78 is 4.79. The highest BCUT2D eigenvalue weighted by molar-refractivity contribution is 5.86. The minimum Gasteiger partial charge on any atom is -0.464 e. The Bertz CT molecular complexity index is 398. The lowest BCUT2D eigenvalue weighted by molar-refractivity contribution is -0.146. The van der Waals surface area contributed by atoms with E-state index in [1.54, 1.807) is 13.8 Å². The summed E-state index contributed by atoms with van der Waals surface area (Å²) in [6.45, 7) is 3.75. The number of rotatable bonds is 6. The van der Waals surface area contributed by atoms with Crippen LogP contribution in [0.15, 0.2) is 30.3 Å². The van der Waals surface area contributed by atoms with Gasteiger partial charge >= 0.3 is 5.97 Å². The van der Waals surface area contributed by atoms with Crippen LogP contribution in [-0.4, -0.2) is 31.1 Å². The number of hydrogen-bond donors (Lipinski definition) is 2. The Morgan fingerprint density at radius 2 is 1.89 bits per heavy atom. The van der Waals surface area contributed by atoms with E-state index in [0.29, 0.717) is 6.61 Å². The highest BCUT2D eigenvalue weighted by Gasteiger charge is 2.15. The first-order chi connectivity index (χ1) is 8.63. The highest BCUT2D eigenvalue weighted by Crippen LogP contribution is 2.03. The Morgan fingerprint density at radius 3 is 2.47 bits per heavy atom. The van der Waals surface area contributed by atoms with Crippen molar-refractivity contribution >= 4 is 30.0 Å². The zero-order chi connectivity index (χ0) is 13.4. The average molecular weight is 287 g/mol. The fraction of sp³-hybridized carbons (Fsp3) is 0.385. The summed E-state index contributed by atoms with van der Waals surface area (Å²) in [6.07, 6.45) is 0. The van der Waals surface area contributed by atoms with Crippen LogP contribution in [0.1, 0.15) is 13.8 Å². The molecule has 106 valence electrons. The molecule has 1 amide bonds. The monoisotopic (exact) mass is 286 g/mol. The van der Waals surface area contributed by atoms with Gasteiger partial charge in [0, 0.05) is 5.69 Å². The van der Waals surface area contributed by atoms with Crippen LogP contribution < -0.4 is 10.6 Å². The van der Waals surface area contributed by atoms with E-state index in [0.717, 1.165) is 5.69 Å². The Balaban J connectivity index is 0.00000324. The average Bonchev–Trinajstić information content (AvgIpc) is 2.38. The first-order valence-corrected chi connectivity index (χ1v) is 5.88. The first-order valence-electron chi connectivity index (χ1n) is 5.88. The zero-order valence-electron chi connectivity index (χ0n) is 11.0. The lowest BCUT2D eigenvalue weighted by Gasteiger charge is -2.13. The molecule has 0 unspecified atom stereocenters. The van der Waals surface area contributed by atoms with Crippen LogP contribution in [0.3, 0.4) is 0 Å². The van der Waals surface area contributed by atoms with Crippen LogP contribution in [0.4, 0.5) is 5.69 Å². The summed E-state index contributed by atoms with van der Waals surface area (Å²) in [6, 6.07) is 8.75. The maximum absolute atomic E-state index is 11.6. The van der Waals surface area contributed by atoms with Crippen LogP contribution >= 0.6 is 12.4 Å². The molecule has 19 heavy (non-hydrogen) atoms. The van der Waals surface area contributed by atoms with E-state index in [9.17, 15) is 9.59 Å². The maximum Gasteiger partial charge on any atom is 0.328 e. The van der Waals surface area contributed by atoms with Gasteiger partial charge in [0.2, 0.25) is 5.91 Å². The Labute approximate surface area is 119 Å². The second-order valence-corrected chi connectivity index (χ2v) is 3.76. The molecule has 0 bridgehead atoms. The SMILES string of the molecule is CCOC(=O)[C@H](C)NC(=O)CNc1ccccc1.Cl. The van der Waals surface area contributed by atoms with E-state index in [4.69, 9.17) is 4.74 Å². The summed E-state index contributed by atoms with van der Waals surface area (Å²) in [5, 5.41) is 5.52. The smallest absolute Gasteiger partial charge is 0.328 e. The Morgan fingerprint density at radius 1 is 1.26 bits per heavy atom. The molecule has 0 radical (unpaired) electrons. The minimum atomic E-state index is -0.630. The van der Waals surface area contributed by atoms with Gasteiger partial charge in [0.15, 0.2) is 0 Å². The first kappa shape index (κ1) is 17.2. The number of halogens is 1. The van der Waals surface area contributed by atoms with Gasteiger partial charge in [0.05, 0.1) is 13.2 Å². The summed E-state index contributed by atoms with van der Waals surface area (Å²) in [5.41, 5.74) is 0.858. The van der Waals surface area contributed by atoms with E-state index in [1.807, 2.05) is 30.3 Å². The van der Waals surface area contributed by atoms with Crippen molar-refractivity contribution in [3.05, 3.63) is 30.3 Å². The number of nitrogens with one attached hydrogen (secondary N) is 2. The van der Waals surface area contributed by atoms with Gasteiger partial charge in [0.25, 0.3) is 0 Å². The third-order valence-corrected chi connectivity index (χ3v) is 2.24. The Kier molecular flexibility index (Phi) is 8.37. The van der Waals surface area contributed by atoms with E-state index in [2.05, 4.69) is 10.6 Å². The Hall–Kier alpha value is -1.75. The van der Waals surface area contributed by atoms with Gasteiger partial charge in [-0.1, -0.05) is 18.2 Å². The molecule has 0 saturated carbocycles. The van der Waals surface area contributed by atoms with Crippen molar-refractivity contribution in [1.29, 1.82) is 0 Å². The topological polar surface area (TPSA) is 67.4 Å². The molecular formula is C13H19ClN2O3. The molecule has 0 aromatic heterocycles. The number of benzene rings is 1. The summed E-state index contributed by atoms with van der Waals surface area (Å²) in [7, 11) is 0. The normalized spacial score (nSPS) is 10.8. The largest absolute Gasteiger partial charge is 0.464 e. The predicted octanol–water partition coefficient (Wildman–Crippen LogP) is 1.59. The molecule has 1 atom stereocenters. The van der Waals surface area contributed by atoms with Crippen LogP contribution in [0, 0.1) is 0 Å². The van der Waals surface area contributed by atoms with Crippen molar-refractivity contribution in [2.75, 3.05) is 18.5 Å². The number of ether oxygens (including phenoxy) is 1. The third-order valence-electron chi connectivity index (χ3n) is 2.24. The molecular weight excluding hydrogens is 268 g/mol. The van der Waals surface area contributed by atoms with Crippen LogP contribution in [-0.2, 0) is 14.3 Å². The predicted molar refractivity (Wildman–Crippen MR) is 76.4 cm³/mol. The number of anilines is 1. The molecule has 0 saturated heterocycles. The van der Waals surface area contributed by atoms with Gasteiger partial charge in [0.1, 0.15) is 6.04 Å². The minimum absolute atomic E-state index is 0. The number of para-hydroxylation sites is 1. The van der Waals surface area contributed by atoms with Crippen molar-refractivity contribution in [3.63, 3.8) is 0 Å². The molecule has 6 heteroatoms. The van der Waals surface area contributed by atoms with Crippen molar-refractivity contribution in [3.8, 4) is 0 Å². The number of esters is 1. The van der Waals surface area contributed by atoms with Crippen molar-refractivity contribution < 1.29 is 14.3 Å². The molecule has 2 N–H and O–H groups in total. The van der Waals surface area contributed by atoms with Gasteiger partial charge in [-0.2, -0.15) is 0 Å². The molecule has 0 fully saturated rings. The molecule has 1 rings (SSSR count). The molecule has 0 aliphatic carbocycles. The van der Waals surface area contributed by atoms with Gasteiger partial charge in [-0.05, 0) is 26.0 Å². The van der Waals surface area contributed by atoms with Crippen molar-refractivity contribution in [2.45, 2.75) is 19.9 Å². The van der Waals surface area contributed by atoms with Crippen molar-refractivity contribution in [2.24, 2.45) is 0 Å². The third kappa shape index (κ3) is 6.67. The molecule has 5 nitrogen and oxygen atoms in total. The lowest BCUT2D eigenvalue weighted by atomic mass is 10.3. The van der Waals surface area contributed by atoms with E-state index in [1.165, 1.54) is 0 Å². The molecule has 0 aliphatic heterocycles. The second kappa shape index (κ2) is 9.22. The molecule has 1 aromatic carbocycles. The number of amides is 1. The van der Waals surface area contributed by atoms with E-state index < -0.39 is 12.0 Å².